The Morgan fingerprint density at radius 2 is 2.27 bits per heavy atom. The van der Waals surface area contributed by atoms with Crippen LogP contribution in [0.4, 0.5) is 5.95 Å². The Hall–Kier alpha value is -1.52. The molecular weight excluding hydrogens is 194 g/mol. The molecule has 0 atom stereocenters. The van der Waals surface area contributed by atoms with Crippen molar-refractivity contribution < 1.29 is 9.90 Å². The molecule has 2 rings (SSSR count). The summed E-state index contributed by atoms with van der Waals surface area (Å²) in [5.41, 5.74) is 0.0954. The molecule has 0 unspecified atom stereocenters. The number of aromatic nitrogens is 2. The molecule has 0 saturated heterocycles. The van der Waals surface area contributed by atoms with E-state index in [2.05, 4.69) is 10.3 Å². The molecule has 1 heterocycles. The molecule has 0 radical (unpaired) electrons. The fourth-order valence-electron chi connectivity index (χ4n) is 1.96. The highest BCUT2D eigenvalue weighted by molar-refractivity contribution is 5.85. The van der Waals surface area contributed by atoms with E-state index in [1.54, 1.807) is 11.6 Å². The van der Waals surface area contributed by atoms with Crippen LogP contribution in [0.1, 0.15) is 36.2 Å². The molecule has 0 spiro atoms. The van der Waals surface area contributed by atoms with Gasteiger partial charge in [-0.05, 0) is 12.8 Å². The van der Waals surface area contributed by atoms with Crippen molar-refractivity contribution in [2.45, 2.75) is 31.7 Å². The van der Waals surface area contributed by atoms with Crippen LogP contribution < -0.4 is 5.32 Å². The van der Waals surface area contributed by atoms with Gasteiger partial charge in [0.25, 0.3) is 0 Å². The lowest BCUT2D eigenvalue weighted by Crippen LogP contribution is -2.17. The van der Waals surface area contributed by atoms with Crippen molar-refractivity contribution in [1.82, 2.24) is 9.55 Å². The van der Waals surface area contributed by atoms with Gasteiger partial charge in [-0.3, -0.25) is 0 Å². The summed E-state index contributed by atoms with van der Waals surface area (Å²) in [6, 6.07) is 0.452. The van der Waals surface area contributed by atoms with Gasteiger partial charge in [0, 0.05) is 19.3 Å². The number of aromatic carboxylic acids is 1. The molecule has 5 heteroatoms. The van der Waals surface area contributed by atoms with E-state index in [1.165, 1.54) is 19.0 Å². The monoisotopic (exact) mass is 209 g/mol. The van der Waals surface area contributed by atoms with E-state index < -0.39 is 5.97 Å². The van der Waals surface area contributed by atoms with E-state index in [9.17, 15) is 4.79 Å². The van der Waals surface area contributed by atoms with E-state index >= 15 is 0 Å². The molecule has 1 aliphatic rings. The minimum absolute atomic E-state index is 0.0954. The maximum Gasteiger partial charge on any atom is 0.356 e. The highest BCUT2D eigenvalue weighted by Gasteiger charge is 2.18. The smallest absolute Gasteiger partial charge is 0.356 e. The highest BCUT2D eigenvalue weighted by atomic mass is 16.4. The lowest BCUT2D eigenvalue weighted by molar-refractivity contribution is 0.0691. The number of carboxylic acid groups (broad SMARTS) is 1. The Kier molecular flexibility index (Phi) is 2.62. The average molecular weight is 209 g/mol. The normalized spacial score (nSPS) is 16.9. The molecule has 15 heavy (non-hydrogen) atoms. The van der Waals surface area contributed by atoms with E-state index in [0.29, 0.717) is 12.0 Å². The molecule has 0 bridgehead atoms. The summed E-state index contributed by atoms with van der Waals surface area (Å²) in [4.78, 5) is 14.7. The van der Waals surface area contributed by atoms with Crippen LogP contribution in [0.5, 0.6) is 0 Å². The Bertz CT molecular complexity index is 367. The van der Waals surface area contributed by atoms with Gasteiger partial charge in [0.1, 0.15) is 0 Å². The molecule has 1 fully saturated rings. The third kappa shape index (κ3) is 2.11. The maximum absolute atomic E-state index is 10.7. The number of hydrogen-bond acceptors (Lipinski definition) is 3. The van der Waals surface area contributed by atoms with Gasteiger partial charge >= 0.3 is 5.97 Å². The number of nitrogens with one attached hydrogen (secondary N) is 1. The summed E-state index contributed by atoms with van der Waals surface area (Å²) in [6.45, 7) is 0. The Morgan fingerprint density at radius 3 is 2.80 bits per heavy atom. The van der Waals surface area contributed by atoms with Crippen molar-refractivity contribution in [1.29, 1.82) is 0 Å². The second-order valence-corrected chi connectivity index (χ2v) is 3.99. The van der Waals surface area contributed by atoms with Crippen LogP contribution in [0, 0.1) is 0 Å². The summed E-state index contributed by atoms with van der Waals surface area (Å²) in [5, 5.41) is 12.1. The molecule has 1 saturated carbocycles. The van der Waals surface area contributed by atoms with Crippen molar-refractivity contribution in [2.24, 2.45) is 7.05 Å². The zero-order valence-corrected chi connectivity index (χ0v) is 8.73. The molecule has 1 aromatic heterocycles. The van der Waals surface area contributed by atoms with E-state index in [-0.39, 0.29) is 5.69 Å². The molecule has 0 aromatic carbocycles. The lowest BCUT2D eigenvalue weighted by atomic mass is 10.3. The number of anilines is 1. The largest absolute Gasteiger partial charge is 0.476 e. The zero-order valence-electron chi connectivity index (χ0n) is 8.73. The van der Waals surface area contributed by atoms with Crippen LogP contribution in [-0.2, 0) is 7.05 Å². The van der Waals surface area contributed by atoms with Crippen molar-refractivity contribution in [3.63, 3.8) is 0 Å². The van der Waals surface area contributed by atoms with Crippen molar-refractivity contribution in [3.05, 3.63) is 11.9 Å². The van der Waals surface area contributed by atoms with Gasteiger partial charge in [-0.1, -0.05) is 12.8 Å². The fraction of sp³-hybridized carbons (Fsp3) is 0.600. The molecule has 0 amide bonds. The number of imidazole rings is 1. The van der Waals surface area contributed by atoms with E-state index in [1.807, 2.05) is 0 Å². The average Bonchev–Trinajstić information content (AvgIpc) is 2.77. The van der Waals surface area contributed by atoms with Gasteiger partial charge in [0.05, 0.1) is 0 Å². The topological polar surface area (TPSA) is 67.2 Å². The second-order valence-electron chi connectivity index (χ2n) is 3.99. The van der Waals surface area contributed by atoms with Gasteiger partial charge in [-0.15, -0.1) is 0 Å². The number of hydrogen-bond donors (Lipinski definition) is 2. The van der Waals surface area contributed by atoms with Crippen LogP contribution in [0.2, 0.25) is 0 Å². The first-order chi connectivity index (χ1) is 7.16. The molecular formula is C10H15N3O2. The van der Waals surface area contributed by atoms with Crippen LogP contribution >= 0.6 is 0 Å². The van der Waals surface area contributed by atoms with Gasteiger partial charge in [-0.2, -0.15) is 0 Å². The first kappa shape index (κ1) is 10.0. The van der Waals surface area contributed by atoms with E-state index in [0.717, 1.165) is 12.8 Å². The van der Waals surface area contributed by atoms with Gasteiger partial charge < -0.3 is 15.0 Å². The second kappa shape index (κ2) is 3.92. The Labute approximate surface area is 88.1 Å². The molecule has 0 aliphatic heterocycles. The van der Waals surface area contributed by atoms with Crippen LogP contribution in [0.3, 0.4) is 0 Å². The quantitative estimate of drug-likeness (QED) is 0.791. The number of carbonyl (C=O) groups is 1. The zero-order chi connectivity index (χ0) is 10.8. The minimum atomic E-state index is -0.981. The summed E-state index contributed by atoms with van der Waals surface area (Å²) < 4.78 is 1.72. The minimum Gasteiger partial charge on any atom is -0.476 e. The summed E-state index contributed by atoms with van der Waals surface area (Å²) in [7, 11) is 1.80. The highest BCUT2D eigenvalue weighted by Crippen LogP contribution is 2.21. The maximum atomic E-state index is 10.7. The SMILES string of the molecule is Cn1cc(C(=O)O)nc1NC1CCCC1. The van der Waals surface area contributed by atoms with Crippen molar-refractivity contribution in [2.75, 3.05) is 5.32 Å². The number of aryl methyl sites for hydroxylation is 1. The third-order valence-electron chi connectivity index (χ3n) is 2.78. The third-order valence-corrected chi connectivity index (χ3v) is 2.78. The van der Waals surface area contributed by atoms with Crippen LogP contribution in [-0.4, -0.2) is 26.7 Å². The first-order valence-corrected chi connectivity index (χ1v) is 5.20. The summed E-state index contributed by atoms with van der Waals surface area (Å²) in [5.74, 6) is -0.329. The summed E-state index contributed by atoms with van der Waals surface area (Å²) in [6.07, 6.45) is 6.31. The summed E-state index contributed by atoms with van der Waals surface area (Å²) >= 11 is 0. The van der Waals surface area contributed by atoms with Crippen molar-refractivity contribution >= 4 is 11.9 Å². The molecule has 5 nitrogen and oxygen atoms in total. The molecule has 1 aromatic rings. The van der Waals surface area contributed by atoms with Gasteiger partial charge in [-0.25, -0.2) is 9.78 Å². The predicted octanol–water partition coefficient (Wildman–Crippen LogP) is 1.47. The van der Waals surface area contributed by atoms with Crippen LogP contribution in [0.15, 0.2) is 6.20 Å². The van der Waals surface area contributed by atoms with E-state index in [4.69, 9.17) is 5.11 Å². The number of carboxylic acids is 1. The molecule has 1 aliphatic carbocycles. The Balaban J connectivity index is 2.10. The molecule has 82 valence electrons. The Morgan fingerprint density at radius 1 is 1.60 bits per heavy atom. The standard InChI is InChI=1S/C10H15N3O2/c1-13-6-8(9(14)15)12-10(13)11-7-4-2-3-5-7/h6-7H,2-5H2,1H3,(H,11,12)(H,14,15). The van der Waals surface area contributed by atoms with Crippen LogP contribution in [0.25, 0.3) is 0 Å². The van der Waals surface area contributed by atoms with Gasteiger partial charge in [0.2, 0.25) is 5.95 Å². The fourth-order valence-corrected chi connectivity index (χ4v) is 1.96. The van der Waals surface area contributed by atoms with Crippen molar-refractivity contribution in [3.8, 4) is 0 Å². The number of rotatable bonds is 3. The first-order valence-electron chi connectivity index (χ1n) is 5.20. The van der Waals surface area contributed by atoms with Gasteiger partial charge in [0.15, 0.2) is 5.69 Å². The predicted molar refractivity (Wildman–Crippen MR) is 56.0 cm³/mol. The number of nitrogens with zero attached hydrogens (tertiary/aromatic N) is 2. The molecule has 2 N–H and O–H groups in total. The lowest BCUT2D eigenvalue weighted by Gasteiger charge is -2.11.